The van der Waals surface area contributed by atoms with Gasteiger partial charge in [0.05, 0.1) is 12.8 Å². The monoisotopic (exact) mass is 346 g/mol. The maximum absolute atomic E-state index is 13.8. The molecule has 0 unspecified atom stereocenters. The van der Waals surface area contributed by atoms with Crippen molar-refractivity contribution >= 4 is 22.4 Å². The summed E-state index contributed by atoms with van der Waals surface area (Å²) >= 11 is 1.26. The molecule has 0 aliphatic rings. The first kappa shape index (κ1) is 16.1. The molecule has 0 spiro atoms. The Morgan fingerprint density at radius 3 is 2.92 bits per heavy atom. The number of aromatic nitrogens is 3. The van der Waals surface area contributed by atoms with E-state index >= 15 is 0 Å². The molecule has 1 aromatic carbocycles. The lowest BCUT2D eigenvalue weighted by molar-refractivity contribution is 0.102. The fourth-order valence-corrected chi connectivity index (χ4v) is 2.82. The number of nitrogens with one attached hydrogen (secondary N) is 2. The molecule has 2 N–H and O–H groups in total. The van der Waals surface area contributed by atoms with Crippen molar-refractivity contribution < 1.29 is 13.9 Å². The molecule has 0 aliphatic heterocycles. The summed E-state index contributed by atoms with van der Waals surface area (Å²) in [5.74, 6) is -0.627. The number of carbonyl (C=O) groups is 1. The van der Waals surface area contributed by atoms with Gasteiger partial charge in [-0.15, -0.1) is 11.3 Å². The first-order valence-corrected chi connectivity index (χ1v) is 8.13. The maximum Gasteiger partial charge on any atom is 0.277 e. The Labute approximate surface area is 141 Å². The minimum atomic E-state index is -0.461. The molecule has 0 fully saturated rings. The van der Waals surface area contributed by atoms with E-state index in [0.717, 1.165) is 12.1 Å². The van der Waals surface area contributed by atoms with E-state index in [1.165, 1.54) is 30.6 Å². The van der Waals surface area contributed by atoms with Gasteiger partial charge < -0.3 is 4.74 Å². The van der Waals surface area contributed by atoms with E-state index in [-0.39, 0.29) is 11.7 Å². The zero-order valence-electron chi connectivity index (χ0n) is 13.1. The van der Waals surface area contributed by atoms with Gasteiger partial charge in [0, 0.05) is 16.6 Å². The van der Waals surface area contributed by atoms with Gasteiger partial charge >= 0.3 is 0 Å². The van der Waals surface area contributed by atoms with Crippen molar-refractivity contribution in [2.24, 2.45) is 0 Å². The normalized spacial score (nSPS) is 10.6. The second kappa shape index (κ2) is 6.79. The second-order valence-electron chi connectivity index (χ2n) is 4.97. The van der Waals surface area contributed by atoms with E-state index in [1.807, 2.05) is 6.92 Å². The van der Waals surface area contributed by atoms with Crippen LogP contribution in [0.3, 0.4) is 0 Å². The van der Waals surface area contributed by atoms with Crippen molar-refractivity contribution in [3.63, 3.8) is 0 Å². The number of benzene rings is 1. The van der Waals surface area contributed by atoms with Crippen molar-refractivity contribution in [1.82, 2.24) is 15.2 Å². The molecule has 0 saturated carbocycles. The lowest BCUT2D eigenvalue weighted by Gasteiger charge is -2.03. The molecule has 0 bridgehead atoms. The standard InChI is InChI=1S/C16H15FN4O2S/c1-3-10-7-12(21-20-10)15(22)19-16-18-13(8-24-16)9-4-5-14(23-2)11(17)6-9/h4-8H,3H2,1-2H3,(H,20,21)(H,18,19,22). The number of amides is 1. The fourth-order valence-electron chi connectivity index (χ4n) is 2.11. The number of methoxy groups -OCH3 is 1. The van der Waals surface area contributed by atoms with Crippen LogP contribution in [0.25, 0.3) is 11.3 Å². The summed E-state index contributed by atoms with van der Waals surface area (Å²) in [6.45, 7) is 1.97. The Hall–Kier alpha value is -2.74. The van der Waals surface area contributed by atoms with Crippen molar-refractivity contribution in [1.29, 1.82) is 0 Å². The molecule has 0 atom stereocenters. The van der Waals surface area contributed by atoms with Crippen LogP contribution in [0.15, 0.2) is 29.6 Å². The molecule has 0 radical (unpaired) electrons. The van der Waals surface area contributed by atoms with Crippen LogP contribution in [-0.2, 0) is 6.42 Å². The highest BCUT2D eigenvalue weighted by Crippen LogP contribution is 2.28. The van der Waals surface area contributed by atoms with Crippen LogP contribution < -0.4 is 10.1 Å². The van der Waals surface area contributed by atoms with Gasteiger partial charge in [0.1, 0.15) is 0 Å². The summed E-state index contributed by atoms with van der Waals surface area (Å²) in [5, 5.41) is 11.6. The van der Waals surface area contributed by atoms with Crippen LogP contribution in [0.4, 0.5) is 9.52 Å². The molecule has 3 rings (SSSR count). The number of carbonyl (C=O) groups excluding carboxylic acids is 1. The number of H-pyrrole nitrogens is 1. The molecule has 8 heteroatoms. The van der Waals surface area contributed by atoms with Gasteiger partial charge in [-0.1, -0.05) is 6.92 Å². The highest BCUT2D eigenvalue weighted by Gasteiger charge is 2.13. The number of thiazole rings is 1. The largest absolute Gasteiger partial charge is 0.494 e. The number of nitrogens with zero attached hydrogens (tertiary/aromatic N) is 2. The number of hydrogen-bond acceptors (Lipinski definition) is 5. The highest BCUT2D eigenvalue weighted by molar-refractivity contribution is 7.14. The predicted octanol–water partition coefficient (Wildman–Crippen LogP) is 3.50. The van der Waals surface area contributed by atoms with Gasteiger partial charge in [-0.3, -0.25) is 15.2 Å². The van der Waals surface area contributed by atoms with E-state index in [4.69, 9.17) is 4.74 Å². The summed E-state index contributed by atoms with van der Waals surface area (Å²) in [4.78, 5) is 16.4. The molecule has 2 aromatic heterocycles. The Morgan fingerprint density at radius 1 is 1.42 bits per heavy atom. The average Bonchev–Trinajstić information content (AvgIpc) is 3.24. The fraction of sp³-hybridized carbons (Fsp3) is 0.188. The third-order valence-electron chi connectivity index (χ3n) is 3.42. The Kier molecular flexibility index (Phi) is 4.57. The van der Waals surface area contributed by atoms with Crippen LogP contribution in [0, 0.1) is 5.82 Å². The van der Waals surface area contributed by atoms with Crippen LogP contribution in [0.2, 0.25) is 0 Å². The van der Waals surface area contributed by atoms with Gasteiger partial charge in [-0.05, 0) is 30.7 Å². The van der Waals surface area contributed by atoms with Gasteiger partial charge in [0.25, 0.3) is 5.91 Å². The van der Waals surface area contributed by atoms with Gasteiger partial charge in [-0.25, -0.2) is 9.37 Å². The zero-order valence-corrected chi connectivity index (χ0v) is 13.9. The van der Waals surface area contributed by atoms with Gasteiger partial charge in [0.15, 0.2) is 22.4 Å². The van der Waals surface area contributed by atoms with E-state index in [0.29, 0.717) is 22.1 Å². The smallest absolute Gasteiger partial charge is 0.277 e. The number of halogens is 1. The third kappa shape index (κ3) is 3.28. The first-order chi connectivity index (χ1) is 11.6. The van der Waals surface area contributed by atoms with E-state index in [1.54, 1.807) is 17.5 Å². The lowest BCUT2D eigenvalue weighted by Crippen LogP contribution is -2.12. The maximum atomic E-state index is 13.8. The highest BCUT2D eigenvalue weighted by atomic mass is 32.1. The number of rotatable bonds is 5. The summed E-state index contributed by atoms with van der Waals surface area (Å²) < 4.78 is 18.7. The minimum absolute atomic E-state index is 0.174. The molecule has 1 amide bonds. The molecular weight excluding hydrogens is 331 g/mol. The number of anilines is 1. The Morgan fingerprint density at radius 2 is 2.25 bits per heavy atom. The summed E-state index contributed by atoms with van der Waals surface area (Å²) in [6.07, 6.45) is 0.769. The van der Waals surface area contributed by atoms with Gasteiger partial charge in [0.2, 0.25) is 0 Å². The number of hydrogen-bond donors (Lipinski definition) is 2. The molecule has 0 saturated heterocycles. The second-order valence-corrected chi connectivity index (χ2v) is 5.83. The zero-order chi connectivity index (χ0) is 17.1. The summed E-state index contributed by atoms with van der Waals surface area (Å²) in [7, 11) is 1.41. The minimum Gasteiger partial charge on any atom is -0.494 e. The van der Waals surface area contributed by atoms with Crippen LogP contribution in [-0.4, -0.2) is 28.2 Å². The lowest BCUT2D eigenvalue weighted by atomic mass is 10.1. The molecule has 24 heavy (non-hydrogen) atoms. The van der Waals surface area contributed by atoms with E-state index in [2.05, 4.69) is 20.5 Å². The van der Waals surface area contributed by atoms with Crippen LogP contribution in [0.1, 0.15) is 23.1 Å². The number of aromatic amines is 1. The van der Waals surface area contributed by atoms with Crippen molar-refractivity contribution in [2.45, 2.75) is 13.3 Å². The SMILES string of the molecule is CCc1cc(C(=O)Nc2nc(-c3ccc(OC)c(F)c3)cs2)n[nH]1. The molecule has 3 aromatic rings. The van der Waals surface area contributed by atoms with Crippen molar-refractivity contribution in [3.8, 4) is 17.0 Å². The Balaban J connectivity index is 1.75. The number of aryl methyl sites for hydroxylation is 1. The van der Waals surface area contributed by atoms with E-state index < -0.39 is 5.82 Å². The first-order valence-electron chi connectivity index (χ1n) is 7.25. The average molecular weight is 346 g/mol. The topological polar surface area (TPSA) is 79.9 Å². The Bertz CT molecular complexity index is 875. The van der Waals surface area contributed by atoms with Crippen molar-refractivity contribution in [2.75, 3.05) is 12.4 Å². The van der Waals surface area contributed by atoms with E-state index in [9.17, 15) is 9.18 Å². The number of ether oxygens (including phenoxy) is 1. The van der Waals surface area contributed by atoms with Crippen LogP contribution in [0.5, 0.6) is 5.75 Å². The molecular formula is C16H15FN4O2S. The van der Waals surface area contributed by atoms with Crippen LogP contribution >= 0.6 is 11.3 Å². The molecule has 124 valence electrons. The van der Waals surface area contributed by atoms with Gasteiger partial charge in [-0.2, -0.15) is 5.10 Å². The molecule has 0 aliphatic carbocycles. The third-order valence-corrected chi connectivity index (χ3v) is 4.17. The molecule has 6 nitrogen and oxygen atoms in total. The van der Waals surface area contributed by atoms with Crippen molar-refractivity contribution in [3.05, 3.63) is 46.9 Å². The summed E-state index contributed by atoms with van der Waals surface area (Å²) in [5.41, 5.74) is 2.37. The quantitative estimate of drug-likeness (QED) is 0.741. The summed E-state index contributed by atoms with van der Waals surface area (Å²) in [6, 6.07) is 6.30. The predicted molar refractivity (Wildman–Crippen MR) is 90.0 cm³/mol. The molecule has 2 heterocycles.